The van der Waals surface area contributed by atoms with E-state index in [0.717, 1.165) is 13.1 Å². The van der Waals surface area contributed by atoms with Crippen LogP contribution in [-0.2, 0) is 0 Å². The molecule has 0 aliphatic carbocycles. The third-order valence-corrected chi connectivity index (χ3v) is 4.89. The molecule has 0 spiro atoms. The smallest absolute Gasteiger partial charge is 0.156 e. The Kier molecular flexibility index (Phi) is 26.5. The number of rotatable bonds is 20. The van der Waals surface area contributed by atoms with Gasteiger partial charge in [-0.25, -0.2) is 0 Å². The van der Waals surface area contributed by atoms with Gasteiger partial charge in [0.15, 0.2) is 6.29 Å². The summed E-state index contributed by atoms with van der Waals surface area (Å²) >= 11 is 0. The van der Waals surface area contributed by atoms with Gasteiger partial charge in [0.2, 0.25) is 0 Å². The maximum Gasteiger partial charge on any atom is 0.156 e. The topological polar surface area (TPSA) is 57.1 Å². The van der Waals surface area contributed by atoms with Gasteiger partial charge in [-0.2, -0.15) is 0 Å². The van der Waals surface area contributed by atoms with Gasteiger partial charge in [0, 0.05) is 6.42 Å². The van der Waals surface area contributed by atoms with Gasteiger partial charge >= 0.3 is 0 Å². The van der Waals surface area contributed by atoms with Crippen molar-refractivity contribution >= 4 is 0 Å². The lowest BCUT2D eigenvalue weighted by molar-refractivity contribution is -0.657. The number of hydrogen-bond donors (Lipinski definition) is 3. The summed E-state index contributed by atoms with van der Waals surface area (Å²) in [6.45, 7) is 4.24. The monoisotopic (exact) mass is 379 g/mol. The Bertz CT molecular complexity index is 228. The minimum atomic E-state index is -1.13. The van der Waals surface area contributed by atoms with Crippen molar-refractivity contribution in [2.75, 3.05) is 13.1 Å². The van der Waals surface area contributed by atoms with Crippen molar-refractivity contribution in [1.29, 1.82) is 0 Å². The highest BCUT2D eigenvalue weighted by Gasteiger charge is 1.98. The van der Waals surface area contributed by atoms with Crippen molar-refractivity contribution in [1.82, 2.24) is 0 Å². The molecule has 4 N–H and O–H groups in total. The Balaban J connectivity index is 0. The minimum absolute atomic E-state index is 0. The van der Waals surface area contributed by atoms with E-state index in [0.29, 0.717) is 6.42 Å². The van der Waals surface area contributed by atoms with E-state index in [1.807, 2.05) is 0 Å². The highest BCUT2D eigenvalue weighted by atomic mass is 35.5. The van der Waals surface area contributed by atoms with Gasteiger partial charge in [0.1, 0.15) is 0 Å². The van der Waals surface area contributed by atoms with Crippen LogP contribution in [-0.4, -0.2) is 29.6 Å². The molecule has 0 radical (unpaired) electrons. The molecule has 3 nitrogen and oxygen atoms in total. The van der Waals surface area contributed by atoms with Gasteiger partial charge in [-0.3, -0.25) is 0 Å². The fraction of sp³-hybridized carbons (Fsp3) is 1.00. The van der Waals surface area contributed by atoms with Crippen molar-refractivity contribution in [3.8, 4) is 0 Å². The van der Waals surface area contributed by atoms with Crippen molar-refractivity contribution in [2.24, 2.45) is 0 Å². The predicted molar refractivity (Wildman–Crippen MR) is 104 cm³/mol. The lowest BCUT2D eigenvalue weighted by Gasteiger charge is -2.04. The summed E-state index contributed by atoms with van der Waals surface area (Å²) in [6.07, 6.45) is 21.9. The first-order valence-corrected chi connectivity index (χ1v) is 10.9. The molecule has 4 heteroatoms. The SMILES string of the molecule is CCCCCCCCCCCCCCCCCC[NH2+]CCC(O)O.[Cl-]. The molecule has 0 aromatic rings. The Morgan fingerprint density at radius 2 is 0.920 bits per heavy atom. The van der Waals surface area contributed by atoms with Crippen molar-refractivity contribution in [3.05, 3.63) is 0 Å². The van der Waals surface area contributed by atoms with Gasteiger partial charge in [-0.1, -0.05) is 96.8 Å². The molecule has 0 heterocycles. The molecule has 0 saturated carbocycles. The van der Waals surface area contributed by atoms with Crippen LogP contribution in [0.2, 0.25) is 0 Å². The van der Waals surface area contributed by atoms with E-state index in [1.54, 1.807) is 0 Å². The van der Waals surface area contributed by atoms with Crippen molar-refractivity contribution < 1.29 is 27.9 Å². The zero-order chi connectivity index (χ0) is 17.7. The van der Waals surface area contributed by atoms with Crippen LogP contribution in [0.25, 0.3) is 0 Å². The first-order valence-electron chi connectivity index (χ1n) is 10.9. The molecule has 0 unspecified atom stereocenters. The summed E-state index contributed by atoms with van der Waals surface area (Å²) < 4.78 is 0. The molecule has 0 amide bonds. The molecule has 154 valence electrons. The zero-order valence-electron chi connectivity index (χ0n) is 16.9. The van der Waals surface area contributed by atoms with Crippen molar-refractivity contribution in [3.63, 3.8) is 0 Å². The molecule has 0 fully saturated rings. The summed E-state index contributed by atoms with van der Waals surface area (Å²) in [6, 6.07) is 0. The largest absolute Gasteiger partial charge is 1.00 e. The lowest BCUT2D eigenvalue weighted by atomic mass is 10.0. The van der Waals surface area contributed by atoms with Crippen LogP contribution >= 0.6 is 0 Å². The predicted octanol–water partition coefficient (Wildman–Crippen LogP) is 1.52. The number of aliphatic hydroxyl groups is 2. The van der Waals surface area contributed by atoms with Crippen LogP contribution in [0.3, 0.4) is 0 Å². The molecular weight excluding hydrogens is 334 g/mol. The van der Waals surface area contributed by atoms with Gasteiger partial charge in [0.05, 0.1) is 13.1 Å². The number of halogens is 1. The molecular formula is C21H46ClNO2. The van der Waals surface area contributed by atoms with Crippen LogP contribution in [0.1, 0.15) is 116 Å². The molecule has 0 aromatic carbocycles. The van der Waals surface area contributed by atoms with Crippen LogP contribution < -0.4 is 17.7 Å². The summed E-state index contributed by atoms with van der Waals surface area (Å²) in [7, 11) is 0. The first kappa shape index (κ1) is 27.4. The second kappa shape index (κ2) is 24.2. The Morgan fingerprint density at radius 3 is 1.28 bits per heavy atom. The highest BCUT2D eigenvalue weighted by molar-refractivity contribution is 4.49. The third kappa shape index (κ3) is 26.5. The number of unbranched alkanes of at least 4 members (excludes halogenated alkanes) is 15. The maximum absolute atomic E-state index is 8.73. The van der Waals surface area contributed by atoms with E-state index in [-0.39, 0.29) is 12.4 Å². The van der Waals surface area contributed by atoms with Crippen molar-refractivity contribution in [2.45, 2.75) is 122 Å². The summed E-state index contributed by atoms with van der Waals surface area (Å²) in [4.78, 5) is 0. The van der Waals surface area contributed by atoms with Gasteiger partial charge < -0.3 is 27.9 Å². The van der Waals surface area contributed by atoms with Crippen LogP contribution in [0.4, 0.5) is 0 Å². The number of hydrogen-bond acceptors (Lipinski definition) is 2. The third-order valence-electron chi connectivity index (χ3n) is 4.89. The average molecular weight is 380 g/mol. The van der Waals surface area contributed by atoms with E-state index in [9.17, 15) is 0 Å². The van der Waals surface area contributed by atoms with E-state index in [4.69, 9.17) is 10.2 Å². The van der Waals surface area contributed by atoms with Gasteiger partial charge in [-0.15, -0.1) is 0 Å². The summed E-state index contributed by atoms with van der Waals surface area (Å²) in [5.74, 6) is 0. The molecule has 0 rings (SSSR count). The summed E-state index contributed by atoms with van der Waals surface area (Å²) in [5.41, 5.74) is 0. The van der Waals surface area contributed by atoms with E-state index in [1.165, 1.54) is 103 Å². The quantitative estimate of drug-likeness (QED) is 0.222. The van der Waals surface area contributed by atoms with Crippen LogP contribution in [0.15, 0.2) is 0 Å². The molecule has 0 bridgehead atoms. The van der Waals surface area contributed by atoms with Crippen LogP contribution in [0.5, 0.6) is 0 Å². The Morgan fingerprint density at radius 1 is 0.560 bits per heavy atom. The van der Waals surface area contributed by atoms with Gasteiger partial charge in [-0.05, 0) is 12.8 Å². The normalized spacial score (nSPS) is 11.0. The zero-order valence-corrected chi connectivity index (χ0v) is 17.6. The molecule has 25 heavy (non-hydrogen) atoms. The van der Waals surface area contributed by atoms with E-state index < -0.39 is 6.29 Å². The number of nitrogens with two attached hydrogens (primary N) is 1. The first-order chi connectivity index (χ1) is 11.8. The Hall–Kier alpha value is 0.170. The minimum Gasteiger partial charge on any atom is -1.00 e. The second-order valence-corrected chi connectivity index (χ2v) is 7.44. The van der Waals surface area contributed by atoms with E-state index in [2.05, 4.69) is 12.2 Å². The fourth-order valence-corrected chi connectivity index (χ4v) is 3.25. The average Bonchev–Trinajstić information content (AvgIpc) is 2.56. The van der Waals surface area contributed by atoms with Gasteiger partial charge in [0.25, 0.3) is 0 Å². The number of quaternary nitrogens is 1. The van der Waals surface area contributed by atoms with E-state index >= 15 is 0 Å². The molecule has 0 aliphatic rings. The Labute approximate surface area is 163 Å². The van der Waals surface area contributed by atoms with Crippen LogP contribution in [0, 0.1) is 0 Å². The maximum atomic E-state index is 8.73. The fourth-order valence-electron chi connectivity index (χ4n) is 3.25. The standard InChI is InChI=1S/C21H45NO2.ClH/c1-2-3-4-5-6-7-8-9-10-11-12-13-14-15-16-17-19-22-20-18-21(23)24;/h21-24H,2-20H2,1H3;1H. The highest BCUT2D eigenvalue weighted by Crippen LogP contribution is 2.13. The molecule has 0 atom stereocenters. The summed E-state index contributed by atoms with van der Waals surface area (Å²) in [5, 5.41) is 19.7. The molecule has 0 aromatic heterocycles. The number of aliphatic hydroxyl groups excluding tert-OH is 1. The lowest BCUT2D eigenvalue weighted by Crippen LogP contribution is -3.00. The molecule has 0 aliphatic heterocycles. The second-order valence-electron chi connectivity index (χ2n) is 7.44. The molecule has 0 saturated heterocycles.